The molecule has 2 heterocycles. The van der Waals surface area contributed by atoms with E-state index in [0.717, 1.165) is 19.3 Å². The van der Waals surface area contributed by atoms with Crippen LogP contribution in [0.3, 0.4) is 0 Å². The van der Waals surface area contributed by atoms with Gasteiger partial charge in [0.05, 0.1) is 24.0 Å². The summed E-state index contributed by atoms with van der Waals surface area (Å²) in [6.45, 7) is 0. The first-order valence-electron chi connectivity index (χ1n) is 11.6. The number of halogens is 2. The number of hydrogen-bond donors (Lipinski definition) is 4. The number of nitrogens with zero attached hydrogens (tertiary/aromatic N) is 4. The number of fused-ring (bicyclic) bond motifs is 1. The van der Waals surface area contributed by atoms with Gasteiger partial charge in [-0.3, -0.25) is 9.36 Å². The van der Waals surface area contributed by atoms with Crippen molar-refractivity contribution in [3.8, 4) is 0 Å². The van der Waals surface area contributed by atoms with Gasteiger partial charge in [0.2, 0.25) is 17.8 Å². The number of nitrogens with two attached hydrogens (primary N) is 1. The van der Waals surface area contributed by atoms with Crippen molar-refractivity contribution in [2.75, 3.05) is 10.6 Å². The summed E-state index contributed by atoms with van der Waals surface area (Å²) in [6.07, 6.45) is 6.47. The number of hydrogen-bond acceptors (Lipinski definition) is 7. The minimum absolute atomic E-state index is 0.00911. The first-order valence-corrected chi connectivity index (χ1v) is 12.0. The highest BCUT2D eigenvalue weighted by Crippen LogP contribution is 2.37. The number of aliphatic hydroxyl groups excluding tert-OH is 1. The molecule has 1 amide bonds. The fourth-order valence-corrected chi connectivity index (χ4v) is 5.17. The highest BCUT2D eigenvalue weighted by Gasteiger charge is 2.30. The maximum Gasteiger partial charge on any atom is 0.225 e. The van der Waals surface area contributed by atoms with E-state index >= 15 is 0 Å². The van der Waals surface area contributed by atoms with Gasteiger partial charge >= 0.3 is 0 Å². The Labute approximate surface area is 200 Å². The number of anilines is 3. The van der Waals surface area contributed by atoms with E-state index in [0.29, 0.717) is 53.8 Å². The molecular weight excluding hydrogens is 461 g/mol. The van der Waals surface area contributed by atoms with E-state index in [1.807, 2.05) is 4.57 Å². The van der Waals surface area contributed by atoms with Crippen LogP contribution in [0.4, 0.5) is 22.0 Å². The van der Waals surface area contributed by atoms with E-state index in [-0.39, 0.29) is 29.6 Å². The number of rotatable bonds is 6. The van der Waals surface area contributed by atoms with Crippen LogP contribution in [0.2, 0.25) is 5.02 Å². The lowest BCUT2D eigenvalue weighted by molar-refractivity contribution is -0.122. The van der Waals surface area contributed by atoms with E-state index in [1.54, 1.807) is 6.20 Å². The fourth-order valence-electron chi connectivity index (χ4n) is 5.00. The molecule has 34 heavy (non-hydrogen) atoms. The van der Waals surface area contributed by atoms with Gasteiger partial charge in [0.25, 0.3) is 0 Å². The molecule has 2 saturated carbocycles. The van der Waals surface area contributed by atoms with Crippen molar-refractivity contribution in [1.82, 2.24) is 19.5 Å². The zero-order valence-electron chi connectivity index (χ0n) is 18.5. The average Bonchev–Trinajstić information content (AvgIpc) is 3.38. The van der Waals surface area contributed by atoms with Gasteiger partial charge in [0.1, 0.15) is 11.3 Å². The summed E-state index contributed by atoms with van der Waals surface area (Å²) in [5.74, 6) is -0.0539. The number of carbonyl (C=O) groups is 1. The number of benzene rings is 1. The molecule has 5 rings (SSSR count). The molecule has 9 nitrogen and oxygen atoms in total. The minimum Gasteiger partial charge on any atom is -0.391 e. The predicted octanol–water partition coefficient (Wildman–Crippen LogP) is 3.90. The lowest BCUT2D eigenvalue weighted by atomic mass is 9.85. The third-order valence-electron chi connectivity index (χ3n) is 6.87. The zero-order chi connectivity index (χ0) is 23.8. The Balaban J connectivity index is 1.52. The van der Waals surface area contributed by atoms with Crippen molar-refractivity contribution in [2.45, 2.75) is 63.1 Å². The molecule has 180 valence electrons. The minimum atomic E-state index is -0.455. The molecule has 3 aromatic rings. The standard InChI is InChI=1S/C23H27ClFN7O2/c24-13-6-9-15(25)17(10-13)29-23-30-18-11-27-22(28-16-2-1-3-19(16)33)31-21(18)32(23)14-7-4-12(5-8-14)20(26)34/h6,9-12,14,16,19,33H,1-5,7-8H2,(H2,26,34)(H,29,30)(H,27,28,31)/t12-,14+,16?,19-/m1/s1. The van der Waals surface area contributed by atoms with Gasteiger partial charge in [-0.05, 0) is 63.1 Å². The number of aliphatic hydroxyl groups is 1. The van der Waals surface area contributed by atoms with Gasteiger partial charge in [-0.2, -0.15) is 4.98 Å². The van der Waals surface area contributed by atoms with Crippen molar-refractivity contribution < 1.29 is 14.3 Å². The quantitative estimate of drug-likeness (QED) is 0.414. The summed E-state index contributed by atoms with van der Waals surface area (Å²) in [5, 5.41) is 16.9. The van der Waals surface area contributed by atoms with Crippen LogP contribution in [0.5, 0.6) is 0 Å². The molecule has 2 fully saturated rings. The van der Waals surface area contributed by atoms with Gasteiger partial charge in [0.15, 0.2) is 5.65 Å². The monoisotopic (exact) mass is 487 g/mol. The molecule has 0 aliphatic heterocycles. The summed E-state index contributed by atoms with van der Waals surface area (Å²) >= 11 is 6.08. The van der Waals surface area contributed by atoms with Crippen LogP contribution in [0, 0.1) is 11.7 Å². The van der Waals surface area contributed by atoms with Gasteiger partial charge < -0.3 is 21.5 Å². The van der Waals surface area contributed by atoms with Crippen molar-refractivity contribution in [1.29, 1.82) is 0 Å². The third kappa shape index (κ3) is 4.52. The van der Waals surface area contributed by atoms with Gasteiger partial charge in [-0.25, -0.2) is 14.4 Å². The summed E-state index contributed by atoms with van der Waals surface area (Å²) < 4.78 is 16.4. The number of aromatic nitrogens is 4. The van der Waals surface area contributed by atoms with E-state index < -0.39 is 11.9 Å². The molecule has 11 heteroatoms. The number of imidazole rings is 1. The molecule has 0 radical (unpaired) electrons. The van der Waals surface area contributed by atoms with E-state index in [2.05, 4.69) is 20.6 Å². The van der Waals surface area contributed by atoms with Crippen molar-refractivity contribution in [2.24, 2.45) is 11.7 Å². The van der Waals surface area contributed by atoms with Crippen LogP contribution in [0.15, 0.2) is 24.4 Å². The summed E-state index contributed by atoms with van der Waals surface area (Å²) in [6, 6.07) is 4.18. The molecule has 2 aliphatic rings. The Bertz CT molecular complexity index is 1210. The largest absolute Gasteiger partial charge is 0.391 e. The maximum atomic E-state index is 14.5. The Morgan fingerprint density at radius 1 is 1.18 bits per heavy atom. The molecule has 1 unspecified atom stereocenters. The van der Waals surface area contributed by atoms with Crippen LogP contribution in [-0.4, -0.2) is 42.7 Å². The molecule has 5 N–H and O–H groups in total. The Kier molecular flexibility index (Phi) is 6.26. The molecule has 0 saturated heterocycles. The molecule has 1 aromatic carbocycles. The second-order valence-electron chi connectivity index (χ2n) is 9.11. The molecule has 2 aliphatic carbocycles. The van der Waals surface area contributed by atoms with Gasteiger partial charge in [-0.15, -0.1) is 0 Å². The normalized spacial score (nSPS) is 24.9. The molecule has 0 spiro atoms. The first-order chi connectivity index (χ1) is 16.4. The van der Waals surface area contributed by atoms with Gasteiger partial charge in [-0.1, -0.05) is 11.6 Å². The van der Waals surface area contributed by atoms with Crippen LogP contribution in [-0.2, 0) is 4.79 Å². The van der Waals surface area contributed by atoms with Crippen LogP contribution in [0.25, 0.3) is 11.2 Å². The average molecular weight is 488 g/mol. The van der Waals surface area contributed by atoms with Crippen LogP contribution < -0.4 is 16.4 Å². The maximum absolute atomic E-state index is 14.5. The van der Waals surface area contributed by atoms with Crippen molar-refractivity contribution >= 4 is 46.3 Å². The second kappa shape index (κ2) is 9.34. The van der Waals surface area contributed by atoms with E-state index in [4.69, 9.17) is 22.3 Å². The smallest absolute Gasteiger partial charge is 0.225 e. The molecule has 2 atom stereocenters. The van der Waals surface area contributed by atoms with Crippen molar-refractivity contribution in [3.05, 3.63) is 35.2 Å². The summed E-state index contributed by atoms with van der Waals surface area (Å²) in [7, 11) is 0. The van der Waals surface area contributed by atoms with Crippen molar-refractivity contribution in [3.63, 3.8) is 0 Å². The predicted molar refractivity (Wildman–Crippen MR) is 127 cm³/mol. The highest BCUT2D eigenvalue weighted by atomic mass is 35.5. The van der Waals surface area contributed by atoms with Crippen LogP contribution in [0.1, 0.15) is 51.0 Å². The first kappa shape index (κ1) is 22.8. The Morgan fingerprint density at radius 2 is 1.97 bits per heavy atom. The number of carbonyl (C=O) groups excluding carboxylic acids is 1. The zero-order valence-corrected chi connectivity index (χ0v) is 19.3. The van der Waals surface area contributed by atoms with E-state index in [1.165, 1.54) is 18.2 Å². The molecular formula is C23H27ClFN7O2. The Morgan fingerprint density at radius 3 is 2.68 bits per heavy atom. The summed E-state index contributed by atoms with van der Waals surface area (Å²) in [5.41, 5.74) is 6.87. The second-order valence-corrected chi connectivity index (χ2v) is 9.55. The Hall–Kier alpha value is -2.98. The SMILES string of the molecule is NC(=O)[C@H]1CC[C@@H](n2c(Nc3cc(Cl)ccc3F)nc3cnc(NC4CCC[C@H]4O)nc32)CC1. The lowest BCUT2D eigenvalue weighted by Gasteiger charge is -2.29. The topological polar surface area (TPSA) is 131 Å². The number of amides is 1. The fraction of sp³-hybridized carbons (Fsp3) is 0.478. The van der Waals surface area contributed by atoms with Crippen LogP contribution >= 0.6 is 11.6 Å². The number of primary amides is 1. The van der Waals surface area contributed by atoms with Gasteiger partial charge in [0, 0.05) is 17.0 Å². The third-order valence-corrected chi connectivity index (χ3v) is 7.10. The summed E-state index contributed by atoms with van der Waals surface area (Å²) in [4.78, 5) is 25.4. The lowest BCUT2D eigenvalue weighted by Crippen LogP contribution is -2.29. The molecule has 2 aromatic heterocycles. The number of nitrogens with one attached hydrogen (secondary N) is 2. The molecule has 0 bridgehead atoms. The highest BCUT2D eigenvalue weighted by molar-refractivity contribution is 6.30. The van der Waals surface area contributed by atoms with E-state index in [9.17, 15) is 14.3 Å².